The van der Waals surface area contributed by atoms with E-state index >= 15 is 0 Å². The molecule has 0 aliphatic carbocycles. The molecule has 1 aromatic carbocycles. The van der Waals surface area contributed by atoms with E-state index in [9.17, 15) is 12.8 Å². The molecule has 0 bridgehead atoms. The van der Waals surface area contributed by atoms with Crippen molar-refractivity contribution >= 4 is 10.0 Å². The molecule has 3 N–H and O–H groups in total. The predicted octanol–water partition coefficient (Wildman–Crippen LogP) is 1.23. The van der Waals surface area contributed by atoms with Crippen molar-refractivity contribution in [2.75, 3.05) is 6.54 Å². The lowest BCUT2D eigenvalue weighted by Gasteiger charge is -2.25. The Labute approximate surface area is 101 Å². The van der Waals surface area contributed by atoms with Gasteiger partial charge in [-0.05, 0) is 38.9 Å². The van der Waals surface area contributed by atoms with Gasteiger partial charge in [0, 0.05) is 5.54 Å². The maximum atomic E-state index is 13.4. The summed E-state index contributed by atoms with van der Waals surface area (Å²) in [4.78, 5) is -0.343. The first-order valence-corrected chi connectivity index (χ1v) is 6.75. The maximum Gasteiger partial charge on any atom is 0.243 e. The summed E-state index contributed by atoms with van der Waals surface area (Å²) in [5.74, 6) is -0.761. The Bertz CT molecular complexity index is 486. The second kappa shape index (κ2) is 5.12. The van der Waals surface area contributed by atoms with E-state index in [1.165, 1.54) is 18.2 Å². The largest absolute Gasteiger partial charge is 0.330 e. The highest BCUT2D eigenvalue weighted by Crippen LogP contribution is 2.17. The Morgan fingerprint density at radius 2 is 1.94 bits per heavy atom. The fourth-order valence-corrected chi connectivity index (χ4v) is 3.02. The van der Waals surface area contributed by atoms with Gasteiger partial charge in [-0.1, -0.05) is 12.1 Å². The van der Waals surface area contributed by atoms with Crippen molar-refractivity contribution in [1.82, 2.24) is 4.72 Å². The summed E-state index contributed by atoms with van der Waals surface area (Å²) < 4.78 is 39.7. The van der Waals surface area contributed by atoms with Crippen molar-refractivity contribution in [3.63, 3.8) is 0 Å². The molecule has 17 heavy (non-hydrogen) atoms. The van der Waals surface area contributed by atoms with Crippen molar-refractivity contribution in [2.45, 2.75) is 30.7 Å². The third kappa shape index (κ3) is 3.76. The standard InChI is InChI=1S/C11H17FN2O2S/c1-11(2,7-8-13)14-17(15,16)10-6-4-3-5-9(10)12/h3-6,14H,7-8,13H2,1-2H3. The average Bonchev–Trinajstić information content (AvgIpc) is 2.15. The van der Waals surface area contributed by atoms with Gasteiger partial charge in [-0.15, -0.1) is 0 Å². The quantitative estimate of drug-likeness (QED) is 0.836. The fraction of sp³-hybridized carbons (Fsp3) is 0.455. The SMILES string of the molecule is CC(C)(CCN)NS(=O)(=O)c1ccccc1F. The molecule has 4 nitrogen and oxygen atoms in total. The maximum absolute atomic E-state index is 13.4. The van der Waals surface area contributed by atoms with Crippen LogP contribution in [0, 0.1) is 5.82 Å². The zero-order valence-electron chi connectivity index (χ0n) is 9.90. The molecule has 0 saturated carbocycles. The number of rotatable bonds is 5. The number of hydrogen-bond acceptors (Lipinski definition) is 3. The predicted molar refractivity (Wildman–Crippen MR) is 64.5 cm³/mol. The molecule has 0 heterocycles. The monoisotopic (exact) mass is 260 g/mol. The van der Waals surface area contributed by atoms with Crippen LogP contribution in [0.25, 0.3) is 0 Å². The van der Waals surface area contributed by atoms with Gasteiger partial charge in [0.05, 0.1) is 0 Å². The summed E-state index contributed by atoms with van der Waals surface area (Å²) in [7, 11) is -3.85. The molecule has 1 aromatic rings. The molecular formula is C11H17FN2O2S. The zero-order chi connectivity index (χ0) is 13.1. The van der Waals surface area contributed by atoms with Crippen molar-refractivity contribution in [2.24, 2.45) is 5.73 Å². The van der Waals surface area contributed by atoms with E-state index in [0.717, 1.165) is 6.07 Å². The van der Waals surface area contributed by atoms with Crippen LogP contribution in [0.4, 0.5) is 4.39 Å². The van der Waals surface area contributed by atoms with E-state index in [4.69, 9.17) is 5.73 Å². The Morgan fingerprint density at radius 3 is 2.47 bits per heavy atom. The van der Waals surface area contributed by atoms with Crippen molar-refractivity contribution in [3.8, 4) is 0 Å². The van der Waals surface area contributed by atoms with Crippen LogP contribution in [0.15, 0.2) is 29.2 Å². The fourth-order valence-electron chi connectivity index (χ4n) is 1.49. The normalized spacial score (nSPS) is 12.7. The number of nitrogens with two attached hydrogens (primary N) is 1. The second-order valence-corrected chi connectivity index (χ2v) is 6.11. The number of hydrogen-bond donors (Lipinski definition) is 2. The summed E-state index contributed by atoms with van der Waals surface area (Å²) in [6.07, 6.45) is 0.473. The first-order valence-electron chi connectivity index (χ1n) is 5.27. The topological polar surface area (TPSA) is 72.2 Å². The Morgan fingerprint density at radius 1 is 1.35 bits per heavy atom. The number of sulfonamides is 1. The molecule has 96 valence electrons. The molecule has 0 amide bonds. The first-order chi connectivity index (χ1) is 7.78. The van der Waals surface area contributed by atoms with E-state index in [-0.39, 0.29) is 4.90 Å². The van der Waals surface area contributed by atoms with E-state index in [1.807, 2.05) is 0 Å². The van der Waals surface area contributed by atoms with Gasteiger partial charge in [0.1, 0.15) is 10.7 Å². The molecule has 0 spiro atoms. The van der Waals surface area contributed by atoms with Gasteiger partial charge in [-0.2, -0.15) is 0 Å². The minimum atomic E-state index is -3.85. The van der Waals surface area contributed by atoms with Crippen LogP contribution in [-0.2, 0) is 10.0 Å². The van der Waals surface area contributed by atoms with Gasteiger partial charge >= 0.3 is 0 Å². The van der Waals surface area contributed by atoms with Crippen molar-refractivity contribution in [3.05, 3.63) is 30.1 Å². The third-order valence-electron chi connectivity index (χ3n) is 2.31. The minimum absolute atomic E-state index is 0.343. The highest BCUT2D eigenvalue weighted by molar-refractivity contribution is 7.89. The molecule has 1 rings (SSSR count). The van der Waals surface area contributed by atoms with E-state index in [1.54, 1.807) is 13.8 Å². The number of nitrogens with one attached hydrogen (secondary N) is 1. The smallest absolute Gasteiger partial charge is 0.243 e. The highest BCUT2D eigenvalue weighted by Gasteiger charge is 2.27. The number of halogens is 1. The van der Waals surface area contributed by atoms with Gasteiger partial charge in [0.2, 0.25) is 10.0 Å². The Balaban J connectivity index is 3.02. The summed E-state index contributed by atoms with van der Waals surface area (Å²) in [6.45, 7) is 3.77. The van der Waals surface area contributed by atoms with E-state index in [0.29, 0.717) is 13.0 Å². The summed E-state index contributed by atoms with van der Waals surface area (Å²) in [5.41, 5.74) is 4.69. The minimum Gasteiger partial charge on any atom is -0.330 e. The Hall–Kier alpha value is -0.980. The van der Waals surface area contributed by atoms with Crippen LogP contribution in [0.5, 0.6) is 0 Å². The van der Waals surface area contributed by atoms with Crippen LogP contribution in [0.3, 0.4) is 0 Å². The lowest BCUT2D eigenvalue weighted by molar-refractivity contribution is 0.426. The van der Waals surface area contributed by atoms with E-state index < -0.39 is 21.4 Å². The average molecular weight is 260 g/mol. The second-order valence-electron chi connectivity index (χ2n) is 4.46. The molecular weight excluding hydrogens is 243 g/mol. The molecule has 6 heteroatoms. The first kappa shape index (κ1) is 14.1. The molecule has 0 fully saturated rings. The highest BCUT2D eigenvalue weighted by atomic mass is 32.2. The molecule has 0 aliphatic rings. The number of benzene rings is 1. The summed E-state index contributed by atoms with van der Waals surface area (Å²) in [5, 5.41) is 0. The van der Waals surface area contributed by atoms with Crippen LogP contribution in [0.2, 0.25) is 0 Å². The van der Waals surface area contributed by atoms with Gasteiger partial charge in [0.15, 0.2) is 0 Å². The summed E-state index contributed by atoms with van der Waals surface area (Å²) in [6, 6.07) is 5.27. The van der Waals surface area contributed by atoms with Gasteiger partial charge in [-0.3, -0.25) is 0 Å². The molecule has 0 radical (unpaired) electrons. The molecule has 0 aliphatic heterocycles. The van der Waals surface area contributed by atoms with Crippen LogP contribution < -0.4 is 10.5 Å². The van der Waals surface area contributed by atoms with Gasteiger partial charge in [0.25, 0.3) is 0 Å². The van der Waals surface area contributed by atoms with Crippen molar-refractivity contribution < 1.29 is 12.8 Å². The molecule has 0 aromatic heterocycles. The van der Waals surface area contributed by atoms with Crippen LogP contribution >= 0.6 is 0 Å². The third-order valence-corrected chi connectivity index (χ3v) is 4.04. The Kier molecular flexibility index (Phi) is 4.24. The molecule has 0 unspecified atom stereocenters. The summed E-state index contributed by atoms with van der Waals surface area (Å²) >= 11 is 0. The van der Waals surface area contributed by atoms with Crippen molar-refractivity contribution in [1.29, 1.82) is 0 Å². The lowest BCUT2D eigenvalue weighted by atomic mass is 10.0. The van der Waals surface area contributed by atoms with Gasteiger partial charge in [-0.25, -0.2) is 17.5 Å². The zero-order valence-corrected chi connectivity index (χ0v) is 10.7. The van der Waals surface area contributed by atoms with Crippen LogP contribution in [0.1, 0.15) is 20.3 Å². The van der Waals surface area contributed by atoms with Crippen LogP contribution in [-0.4, -0.2) is 20.5 Å². The van der Waals surface area contributed by atoms with E-state index in [2.05, 4.69) is 4.72 Å². The lowest BCUT2D eigenvalue weighted by Crippen LogP contribution is -2.44. The van der Waals surface area contributed by atoms with Gasteiger partial charge < -0.3 is 5.73 Å². The molecule has 0 atom stereocenters. The molecule has 0 saturated heterocycles.